The molecular weight excluding hydrogens is 397 g/mol. The first-order valence-electron chi connectivity index (χ1n) is 9.61. The summed E-state index contributed by atoms with van der Waals surface area (Å²) in [4.78, 5) is 0. The molecule has 5 nitrogen and oxygen atoms in total. The minimum atomic E-state index is -0.313. The third-order valence-corrected chi connectivity index (χ3v) is 5.74. The standard InChI is InChI=1S/C23H22FN5S/c1-4-13-28-22(20-7-5-6-8-21(20)24)25-26-23(28)30-15-18-9-11-19(12-10-18)29-17(3)14-16(2)27-29/h4-12,14H,1,13,15H2,2-3H3. The molecule has 0 N–H and O–H groups in total. The summed E-state index contributed by atoms with van der Waals surface area (Å²) in [6.45, 7) is 8.36. The van der Waals surface area contributed by atoms with Crippen molar-refractivity contribution < 1.29 is 4.39 Å². The summed E-state index contributed by atoms with van der Waals surface area (Å²) >= 11 is 1.57. The van der Waals surface area contributed by atoms with Crippen molar-refractivity contribution in [2.24, 2.45) is 0 Å². The molecule has 2 aromatic carbocycles. The number of hydrogen-bond acceptors (Lipinski definition) is 4. The van der Waals surface area contributed by atoms with Gasteiger partial charge in [-0.05, 0) is 49.7 Å². The molecule has 0 aliphatic rings. The molecule has 2 heterocycles. The van der Waals surface area contributed by atoms with Crippen LogP contribution >= 0.6 is 11.8 Å². The van der Waals surface area contributed by atoms with Crippen LogP contribution in [0.3, 0.4) is 0 Å². The Balaban J connectivity index is 1.53. The van der Waals surface area contributed by atoms with Gasteiger partial charge in [0.25, 0.3) is 0 Å². The first kappa shape index (κ1) is 20.1. The van der Waals surface area contributed by atoms with Crippen molar-refractivity contribution in [2.75, 3.05) is 0 Å². The van der Waals surface area contributed by atoms with Crippen molar-refractivity contribution in [3.63, 3.8) is 0 Å². The largest absolute Gasteiger partial charge is 0.298 e. The summed E-state index contributed by atoms with van der Waals surface area (Å²) in [7, 11) is 0. The Bertz CT molecular complexity index is 1180. The molecule has 0 amide bonds. The Morgan fingerprint density at radius 1 is 1.07 bits per heavy atom. The lowest BCUT2D eigenvalue weighted by molar-refractivity contribution is 0.626. The highest BCUT2D eigenvalue weighted by Crippen LogP contribution is 2.28. The van der Waals surface area contributed by atoms with E-state index in [-0.39, 0.29) is 5.82 Å². The molecule has 0 unspecified atom stereocenters. The van der Waals surface area contributed by atoms with Gasteiger partial charge in [0.15, 0.2) is 11.0 Å². The van der Waals surface area contributed by atoms with E-state index >= 15 is 0 Å². The number of rotatable bonds is 7. The molecule has 0 spiro atoms. The molecule has 30 heavy (non-hydrogen) atoms. The van der Waals surface area contributed by atoms with Crippen molar-refractivity contribution in [2.45, 2.75) is 31.3 Å². The Morgan fingerprint density at radius 3 is 2.50 bits per heavy atom. The minimum absolute atomic E-state index is 0.313. The maximum atomic E-state index is 14.2. The van der Waals surface area contributed by atoms with Crippen LogP contribution < -0.4 is 0 Å². The van der Waals surface area contributed by atoms with Crippen LogP contribution in [0.2, 0.25) is 0 Å². The number of thioether (sulfide) groups is 1. The first-order chi connectivity index (χ1) is 14.6. The topological polar surface area (TPSA) is 48.5 Å². The third kappa shape index (κ3) is 4.07. The second kappa shape index (κ2) is 8.67. The van der Waals surface area contributed by atoms with Gasteiger partial charge in [-0.3, -0.25) is 4.57 Å². The highest BCUT2D eigenvalue weighted by atomic mass is 32.2. The van der Waals surface area contributed by atoms with Crippen molar-refractivity contribution in [1.29, 1.82) is 0 Å². The van der Waals surface area contributed by atoms with Crippen LogP contribution in [0.1, 0.15) is 17.0 Å². The second-order valence-corrected chi connectivity index (χ2v) is 7.92. The lowest BCUT2D eigenvalue weighted by Gasteiger charge is -2.09. The summed E-state index contributed by atoms with van der Waals surface area (Å²) in [5.41, 5.74) is 4.73. The zero-order chi connectivity index (χ0) is 21.1. The number of allylic oxidation sites excluding steroid dienone is 1. The van der Waals surface area contributed by atoms with Crippen LogP contribution in [0.5, 0.6) is 0 Å². The number of hydrogen-bond donors (Lipinski definition) is 0. The van der Waals surface area contributed by atoms with Crippen LogP contribution in [-0.2, 0) is 12.3 Å². The lowest BCUT2D eigenvalue weighted by atomic mass is 10.2. The van der Waals surface area contributed by atoms with Gasteiger partial charge >= 0.3 is 0 Å². The SMILES string of the molecule is C=CCn1c(SCc2ccc(-n3nc(C)cc3C)cc2)nnc1-c1ccccc1F. The van der Waals surface area contributed by atoms with Crippen molar-refractivity contribution >= 4 is 11.8 Å². The lowest BCUT2D eigenvalue weighted by Crippen LogP contribution is -2.02. The summed E-state index contributed by atoms with van der Waals surface area (Å²) in [5, 5.41) is 13.8. The molecule has 4 rings (SSSR count). The van der Waals surface area contributed by atoms with Crippen LogP contribution in [0.25, 0.3) is 17.1 Å². The number of halogens is 1. The molecule has 152 valence electrons. The van der Waals surface area contributed by atoms with Gasteiger partial charge < -0.3 is 0 Å². The zero-order valence-corrected chi connectivity index (χ0v) is 17.7. The van der Waals surface area contributed by atoms with E-state index < -0.39 is 0 Å². The number of aryl methyl sites for hydroxylation is 2. The molecule has 0 saturated heterocycles. The van der Waals surface area contributed by atoms with E-state index in [0.717, 1.165) is 33.5 Å². The molecule has 0 radical (unpaired) electrons. The quantitative estimate of drug-likeness (QED) is 0.299. The van der Waals surface area contributed by atoms with Gasteiger partial charge in [-0.15, -0.1) is 16.8 Å². The number of benzene rings is 2. The predicted octanol–water partition coefficient (Wildman–Crippen LogP) is 5.37. The Morgan fingerprint density at radius 2 is 1.83 bits per heavy atom. The van der Waals surface area contributed by atoms with Crippen molar-refractivity contribution in [1.82, 2.24) is 24.5 Å². The van der Waals surface area contributed by atoms with Gasteiger partial charge in [0.05, 0.1) is 16.9 Å². The number of aromatic nitrogens is 5. The molecule has 0 bridgehead atoms. The summed E-state index contributed by atoms with van der Waals surface area (Å²) in [6.07, 6.45) is 1.76. The van der Waals surface area contributed by atoms with E-state index in [1.54, 1.807) is 36.0 Å². The maximum absolute atomic E-state index is 14.2. The van der Waals surface area contributed by atoms with Gasteiger partial charge in [-0.2, -0.15) is 5.10 Å². The van der Waals surface area contributed by atoms with Gasteiger partial charge in [-0.25, -0.2) is 9.07 Å². The van der Waals surface area contributed by atoms with E-state index in [1.165, 1.54) is 6.07 Å². The van der Waals surface area contributed by atoms with Gasteiger partial charge in [0, 0.05) is 18.0 Å². The normalized spacial score (nSPS) is 11.0. The van der Waals surface area contributed by atoms with Crippen LogP contribution in [0.4, 0.5) is 4.39 Å². The molecule has 0 fully saturated rings. The molecule has 2 aromatic heterocycles. The average molecular weight is 420 g/mol. The maximum Gasteiger partial charge on any atom is 0.192 e. The van der Waals surface area contributed by atoms with Crippen molar-refractivity contribution in [3.8, 4) is 17.1 Å². The summed E-state index contributed by atoms with van der Waals surface area (Å²) < 4.78 is 18.1. The van der Waals surface area contributed by atoms with E-state index in [2.05, 4.69) is 52.2 Å². The fourth-order valence-electron chi connectivity index (χ4n) is 3.30. The molecule has 0 aliphatic carbocycles. The molecule has 0 saturated carbocycles. The van der Waals surface area contributed by atoms with Gasteiger partial charge in [-0.1, -0.05) is 42.1 Å². The zero-order valence-electron chi connectivity index (χ0n) is 16.9. The molecule has 7 heteroatoms. The van der Waals surface area contributed by atoms with Crippen molar-refractivity contribution in [3.05, 3.63) is 90.0 Å². The first-order valence-corrected chi connectivity index (χ1v) is 10.6. The molecule has 0 aliphatic heterocycles. The number of nitrogens with zero attached hydrogens (tertiary/aromatic N) is 5. The fraction of sp³-hybridized carbons (Fsp3) is 0.174. The molecule has 4 aromatic rings. The Kier molecular flexibility index (Phi) is 5.81. The summed E-state index contributed by atoms with van der Waals surface area (Å²) in [5.74, 6) is 0.922. The van der Waals surface area contributed by atoms with Gasteiger partial charge in [0.1, 0.15) is 5.82 Å². The van der Waals surface area contributed by atoms with E-state index in [0.29, 0.717) is 17.9 Å². The van der Waals surface area contributed by atoms with E-state index in [9.17, 15) is 4.39 Å². The van der Waals surface area contributed by atoms with Crippen LogP contribution in [0.15, 0.2) is 72.4 Å². The second-order valence-electron chi connectivity index (χ2n) is 6.98. The fourth-order valence-corrected chi connectivity index (χ4v) is 4.21. The highest BCUT2D eigenvalue weighted by molar-refractivity contribution is 7.98. The third-order valence-electron chi connectivity index (χ3n) is 4.70. The average Bonchev–Trinajstić information content (AvgIpc) is 3.30. The van der Waals surface area contributed by atoms with Gasteiger partial charge in [0.2, 0.25) is 0 Å². The van der Waals surface area contributed by atoms with E-state index in [4.69, 9.17) is 0 Å². The van der Waals surface area contributed by atoms with Crippen LogP contribution in [-0.4, -0.2) is 24.5 Å². The Labute approximate surface area is 179 Å². The smallest absolute Gasteiger partial charge is 0.192 e. The summed E-state index contributed by atoms with van der Waals surface area (Å²) in [6, 6.07) is 17.0. The monoisotopic (exact) mass is 419 g/mol. The Hall–Kier alpha value is -3.19. The minimum Gasteiger partial charge on any atom is -0.298 e. The highest BCUT2D eigenvalue weighted by Gasteiger charge is 2.16. The van der Waals surface area contributed by atoms with E-state index in [1.807, 2.05) is 23.1 Å². The predicted molar refractivity (Wildman–Crippen MR) is 118 cm³/mol. The molecule has 0 atom stereocenters. The van der Waals surface area contributed by atoms with Crippen LogP contribution in [0, 0.1) is 19.7 Å². The molecular formula is C23H22FN5S.